The van der Waals surface area contributed by atoms with Gasteiger partial charge < -0.3 is 9.90 Å². The van der Waals surface area contributed by atoms with Gasteiger partial charge in [-0.15, -0.1) is 0 Å². The van der Waals surface area contributed by atoms with Crippen LogP contribution in [-0.2, 0) is 4.79 Å². The lowest BCUT2D eigenvalue weighted by Gasteiger charge is -2.25. The zero-order valence-corrected chi connectivity index (χ0v) is 8.24. The molecule has 0 spiro atoms. The van der Waals surface area contributed by atoms with Crippen molar-refractivity contribution in [3.63, 3.8) is 0 Å². The van der Waals surface area contributed by atoms with Crippen molar-refractivity contribution in [1.82, 2.24) is 0 Å². The SMILES string of the molecule is O=CCCCC[C@@H]1CCC[C@H](O)C1. The molecule has 0 aliphatic heterocycles. The molecule has 0 bridgehead atoms. The number of hydrogen-bond acceptors (Lipinski definition) is 2. The van der Waals surface area contributed by atoms with Crippen LogP contribution in [0.3, 0.4) is 0 Å². The van der Waals surface area contributed by atoms with Gasteiger partial charge >= 0.3 is 0 Å². The first-order chi connectivity index (χ1) is 6.33. The van der Waals surface area contributed by atoms with Crippen molar-refractivity contribution in [1.29, 1.82) is 0 Å². The maximum absolute atomic E-state index is 10.1. The summed E-state index contributed by atoms with van der Waals surface area (Å²) in [5.41, 5.74) is 0. The second-order valence-electron chi connectivity index (χ2n) is 4.14. The van der Waals surface area contributed by atoms with Crippen molar-refractivity contribution < 1.29 is 9.90 Å². The number of aliphatic hydroxyl groups excluding tert-OH is 1. The molecule has 1 saturated carbocycles. The van der Waals surface area contributed by atoms with E-state index in [2.05, 4.69) is 0 Å². The Morgan fingerprint density at radius 3 is 2.85 bits per heavy atom. The van der Waals surface area contributed by atoms with Crippen LogP contribution in [0.25, 0.3) is 0 Å². The molecule has 1 aliphatic carbocycles. The molecule has 2 heteroatoms. The molecule has 13 heavy (non-hydrogen) atoms. The molecule has 0 aromatic carbocycles. The molecule has 76 valence electrons. The van der Waals surface area contributed by atoms with E-state index in [1.165, 1.54) is 19.3 Å². The van der Waals surface area contributed by atoms with Crippen LogP contribution in [0, 0.1) is 5.92 Å². The number of aliphatic hydroxyl groups is 1. The van der Waals surface area contributed by atoms with Gasteiger partial charge in [0, 0.05) is 6.42 Å². The fourth-order valence-corrected chi connectivity index (χ4v) is 2.19. The smallest absolute Gasteiger partial charge is 0.119 e. The lowest BCUT2D eigenvalue weighted by Crippen LogP contribution is -2.19. The Hall–Kier alpha value is -0.370. The van der Waals surface area contributed by atoms with Crippen molar-refractivity contribution in [2.75, 3.05) is 0 Å². The van der Waals surface area contributed by atoms with E-state index in [0.29, 0.717) is 6.42 Å². The molecule has 0 amide bonds. The molecular formula is C11H20O2. The van der Waals surface area contributed by atoms with Crippen molar-refractivity contribution in [2.45, 2.75) is 57.5 Å². The first-order valence-electron chi connectivity index (χ1n) is 5.44. The Morgan fingerprint density at radius 2 is 2.15 bits per heavy atom. The van der Waals surface area contributed by atoms with E-state index >= 15 is 0 Å². The molecular weight excluding hydrogens is 164 g/mol. The molecule has 0 radical (unpaired) electrons. The summed E-state index contributed by atoms with van der Waals surface area (Å²) in [4.78, 5) is 10.1. The molecule has 0 aromatic heterocycles. The Labute approximate surface area is 80.3 Å². The third kappa shape index (κ3) is 4.41. The quantitative estimate of drug-likeness (QED) is 0.526. The minimum Gasteiger partial charge on any atom is -0.393 e. The molecule has 0 heterocycles. The third-order valence-electron chi connectivity index (χ3n) is 2.94. The van der Waals surface area contributed by atoms with Gasteiger partial charge in [-0.2, -0.15) is 0 Å². The second-order valence-corrected chi connectivity index (χ2v) is 4.14. The summed E-state index contributed by atoms with van der Waals surface area (Å²) in [5, 5.41) is 9.43. The molecule has 2 nitrogen and oxygen atoms in total. The van der Waals surface area contributed by atoms with Gasteiger partial charge in [-0.3, -0.25) is 0 Å². The van der Waals surface area contributed by atoms with Crippen molar-refractivity contribution >= 4 is 6.29 Å². The molecule has 2 atom stereocenters. The summed E-state index contributed by atoms with van der Waals surface area (Å²) in [6.45, 7) is 0. The first-order valence-corrected chi connectivity index (χ1v) is 5.44. The van der Waals surface area contributed by atoms with Gasteiger partial charge in [0.1, 0.15) is 6.29 Å². The Morgan fingerprint density at radius 1 is 1.31 bits per heavy atom. The average molecular weight is 184 g/mol. The maximum Gasteiger partial charge on any atom is 0.119 e. The third-order valence-corrected chi connectivity index (χ3v) is 2.94. The summed E-state index contributed by atoms with van der Waals surface area (Å²) in [6.07, 6.45) is 9.45. The van der Waals surface area contributed by atoms with E-state index in [4.69, 9.17) is 0 Å². The Balaban J connectivity index is 2.03. The summed E-state index contributed by atoms with van der Waals surface area (Å²) in [5.74, 6) is 0.718. The fraction of sp³-hybridized carbons (Fsp3) is 0.909. The maximum atomic E-state index is 10.1. The monoisotopic (exact) mass is 184 g/mol. The summed E-state index contributed by atoms with van der Waals surface area (Å²) in [6, 6.07) is 0. The summed E-state index contributed by atoms with van der Waals surface area (Å²) in [7, 11) is 0. The Kier molecular flexibility index (Phi) is 5.06. The van der Waals surface area contributed by atoms with Crippen LogP contribution in [0.4, 0.5) is 0 Å². The van der Waals surface area contributed by atoms with Crippen LogP contribution in [-0.4, -0.2) is 17.5 Å². The van der Waals surface area contributed by atoms with E-state index in [-0.39, 0.29) is 6.10 Å². The number of carbonyl (C=O) groups is 1. The molecule has 0 unspecified atom stereocenters. The van der Waals surface area contributed by atoms with Gasteiger partial charge in [-0.1, -0.05) is 25.7 Å². The second kappa shape index (κ2) is 6.14. The molecule has 0 aromatic rings. The van der Waals surface area contributed by atoms with Crippen molar-refractivity contribution in [3.8, 4) is 0 Å². The summed E-state index contributed by atoms with van der Waals surface area (Å²) < 4.78 is 0. The fourth-order valence-electron chi connectivity index (χ4n) is 2.19. The van der Waals surface area contributed by atoms with Crippen LogP contribution in [0.15, 0.2) is 0 Å². The van der Waals surface area contributed by atoms with Crippen LogP contribution >= 0.6 is 0 Å². The molecule has 1 aliphatic rings. The lowest BCUT2D eigenvalue weighted by atomic mass is 9.84. The van der Waals surface area contributed by atoms with Crippen molar-refractivity contribution in [2.24, 2.45) is 5.92 Å². The zero-order valence-electron chi connectivity index (χ0n) is 8.24. The normalized spacial score (nSPS) is 28.7. The van der Waals surface area contributed by atoms with E-state index in [0.717, 1.165) is 37.9 Å². The molecule has 0 saturated heterocycles. The number of unbranched alkanes of at least 4 members (excludes halogenated alkanes) is 2. The standard InChI is InChI=1S/C11H20O2/c12-8-3-1-2-5-10-6-4-7-11(13)9-10/h8,10-11,13H,1-7,9H2/t10-,11+/m1/s1. The van der Waals surface area contributed by atoms with Crippen LogP contribution in [0.2, 0.25) is 0 Å². The van der Waals surface area contributed by atoms with E-state index < -0.39 is 0 Å². The van der Waals surface area contributed by atoms with Gasteiger partial charge in [0.15, 0.2) is 0 Å². The molecule has 1 fully saturated rings. The predicted octanol–water partition coefficient (Wildman–Crippen LogP) is 2.30. The van der Waals surface area contributed by atoms with E-state index in [9.17, 15) is 9.90 Å². The largest absolute Gasteiger partial charge is 0.393 e. The van der Waals surface area contributed by atoms with Gasteiger partial charge in [0.2, 0.25) is 0 Å². The van der Waals surface area contributed by atoms with Gasteiger partial charge in [-0.05, 0) is 25.2 Å². The number of rotatable bonds is 5. The number of aldehydes is 1. The van der Waals surface area contributed by atoms with E-state index in [1.54, 1.807) is 0 Å². The minimum atomic E-state index is -0.0511. The average Bonchev–Trinajstić information content (AvgIpc) is 2.13. The van der Waals surface area contributed by atoms with Gasteiger partial charge in [-0.25, -0.2) is 0 Å². The highest BCUT2D eigenvalue weighted by molar-refractivity contribution is 5.48. The summed E-state index contributed by atoms with van der Waals surface area (Å²) >= 11 is 0. The minimum absolute atomic E-state index is 0.0511. The first kappa shape index (κ1) is 10.7. The highest BCUT2D eigenvalue weighted by atomic mass is 16.3. The topological polar surface area (TPSA) is 37.3 Å². The van der Waals surface area contributed by atoms with Crippen molar-refractivity contribution in [3.05, 3.63) is 0 Å². The van der Waals surface area contributed by atoms with E-state index in [1.807, 2.05) is 0 Å². The predicted molar refractivity (Wildman–Crippen MR) is 52.5 cm³/mol. The van der Waals surface area contributed by atoms with Gasteiger partial charge in [0.25, 0.3) is 0 Å². The highest BCUT2D eigenvalue weighted by Gasteiger charge is 2.19. The zero-order chi connectivity index (χ0) is 9.52. The van der Waals surface area contributed by atoms with Crippen LogP contribution in [0.1, 0.15) is 51.4 Å². The number of hydrogen-bond donors (Lipinski definition) is 1. The van der Waals surface area contributed by atoms with Crippen LogP contribution < -0.4 is 0 Å². The lowest BCUT2D eigenvalue weighted by molar-refractivity contribution is -0.107. The number of carbonyl (C=O) groups excluding carboxylic acids is 1. The van der Waals surface area contributed by atoms with Gasteiger partial charge in [0.05, 0.1) is 6.10 Å². The highest BCUT2D eigenvalue weighted by Crippen LogP contribution is 2.28. The molecule has 1 rings (SSSR count). The Bertz CT molecular complexity index is 145. The molecule has 1 N–H and O–H groups in total. The van der Waals surface area contributed by atoms with Crippen LogP contribution in [0.5, 0.6) is 0 Å².